The molecule has 0 heterocycles. The summed E-state index contributed by atoms with van der Waals surface area (Å²) in [6.45, 7) is 2.20. The van der Waals surface area contributed by atoms with Crippen molar-refractivity contribution in [1.82, 2.24) is 0 Å². The molecule has 0 amide bonds. The van der Waals surface area contributed by atoms with Crippen molar-refractivity contribution in [1.29, 1.82) is 0 Å². The first-order valence-corrected chi connectivity index (χ1v) is 10.9. The van der Waals surface area contributed by atoms with Gasteiger partial charge in [0.2, 0.25) is 0 Å². The standard InChI is InChI=1S/C21H28O5S/c1-2-3-4-5-6-7-8-11-17-14-15-18(27(23,24)25)16-21(17)26-20-13-10-9-12-19(20)22/h9-10,12-16,22H,2-8,11H2,1H3,(H,23,24,25). The van der Waals surface area contributed by atoms with Crippen LogP contribution in [0.1, 0.15) is 57.4 Å². The van der Waals surface area contributed by atoms with Crippen LogP contribution >= 0.6 is 0 Å². The Bertz CT molecular complexity index is 830. The normalized spacial score (nSPS) is 11.5. The number of para-hydroxylation sites is 2. The minimum absolute atomic E-state index is 0.0309. The maximum Gasteiger partial charge on any atom is 0.294 e. The van der Waals surface area contributed by atoms with Crippen molar-refractivity contribution in [3.8, 4) is 17.2 Å². The zero-order chi connectivity index (χ0) is 19.7. The van der Waals surface area contributed by atoms with Crippen molar-refractivity contribution in [3.63, 3.8) is 0 Å². The van der Waals surface area contributed by atoms with Gasteiger partial charge in [-0.15, -0.1) is 0 Å². The van der Waals surface area contributed by atoms with E-state index in [1.54, 1.807) is 24.3 Å². The topological polar surface area (TPSA) is 83.8 Å². The van der Waals surface area contributed by atoms with E-state index in [2.05, 4.69) is 6.92 Å². The molecule has 0 bridgehead atoms. The smallest absolute Gasteiger partial charge is 0.294 e. The molecule has 0 unspecified atom stereocenters. The molecule has 0 saturated carbocycles. The van der Waals surface area contributed by atoms with Gasteiger partial charge in [0.15, 0.2) is 11.5 Å². The molecule has 0 spiro atoms. The van der Waals surface area contributed by atoms with Gasteiger partial charge < -0.3 is 9.84 Å². The predicted octanol–water partition coefficient (Wildman–Crippen LogP) is 5.72. The van der Waals surface area contributed by atoms with Crippen molar-refractivity contribution in [2.45, 2.75) is 63.2 Å². The van der Waals surface area contributed by atoms with E-state index < -0.39 is 10.1 Å². The van der Waals surface area contributed by atoms with Crippen molar-refractivity contribution >= 4 is 10.1 Å². The number of ether oxygens (including phenoxy) is 1. The molecule has 27 heavy (non-hydrogen) atoms. The van der Waals surface area contributed by atoms with Crippen LogP contribution < -0.4 is 4.74 Å². The molecule has 2 N–H and O–H groups in total. The van der Waals surface area contributed by atoms with E-state index in [-0.39, 0.29) is 16.4 Å². The molecule has 0 saturated heterocycles. The van der Waals surface area contributed by atoms with E-state index in [9.17, 15) is 18.1 Å². The summed E-state index contributed by atoms with van der Waals surface area (Å²) in [6.07, 6.45) is 8.98. The summed E-state index contributed by atoms with van der Waals surface area (Å²) in [5.41, 5.74) is 0.846. The lowest BCUT2D eigenvalue weighted by Crippen LogP contribution is -2.01. The van der Waals surface area contributed by atoms with Gasteiger partial charge in [0.25, 0.3) is 10.1 Å². The first kappa shape index (κ1) is 21.3. The molecule has 0 aliphatic heterocycles. The summed E-state index contributed by atoms with van der Waals surface area (Å²) in [4.78, 5) is -0.226. The van der Waals surface area contributed by atoms with Crippen LogP contribution in [0.4, 0.5) is 0 Å². The monoisotopic (exact) mass is 392 g/mol. The quantitative estimate of drug-likeness (QED) is 0.377. The van der Waals surface area contributed by atoms with Gasteiger partial charge in [0.1, 0.15) is 5.75 Å². The second-order valence-electron chi connectivity index (χ2n) is 6.69. The van der Waals surface area contributed by atoms with Crippen LogP contribution in [0.2, 0.25) is 0 Å². The van der Waals surface area contributed by atoms with Crippen molar-refractivity contribution in [3.05, 3.63) is 48.0 Å². The molecule has 0 fully saturated rings. The Balaban J connectivity index is 2.10. The Morgan fingerprint density at radius 3 is 2.22 bits per heavy atom. The minimum Gasteiger partial charge on any atom is -0.504 e. The number of hydrogen-bond donors (Lipinski definition) is 2. The van der Waals surface area contributed by atoms with E-state index >= 15 is 0 Å². The highest BCUT2D eigenvalue weighted by molar-refractivity contribution is 7.85. The fourth-order valence-corrected chi connectivity index (χ4v) is 3.43. The zero-order valence-corrected chi connectivity index (χ0v) is 16.5. The molecule has 2 aromatic rings. The van der Waals surface area contributed by atoms with Crippen LogP contribution in [-0.4, -0.2) is 18.1 Å². The predicted molar refractivity (Wildman–Crippen MR) is 106 cm³/mol. The van der Waals surface area contributed by atoms with Crippen LogP contribution in [0.5, 0.6) is 17.2 Å². The number of phenolic OH excluding ortho intramolecular Hbond substituents is 1. The Hall–Kier alpha value is -2.05. The first-order chi connectivity index (χ1) is 12.9. The number of aryl methyl sites for hydroxylation is 1. The summed E-state index contributed by atoms with van der Waals surface area (Å²) in [5, 5.41) is 9.92. The molecule has 6 heteroatoms. The molecule has 0 radical (unpaired) electrons. The lowest BCUT2D eigenvalue weighted by Gasteiger charge is -2.13. The van der Waals surface area contributed by atoms with E-state index in [1.165, 1.54) is 50.3 Å². The Morgan fingerprint density at radius 2 is 1.56 bits per heavy atom. The molecule has 2 aromatic carbocycles. The average Bonchev–Trinajstić information content (AvgIpc) is 2.63. The fraction of sp³-hybridized carbons (Fsp3) is 0.429. The third-order valence-corrected chi connectivity index (χ3v) is 5.32. The lowest BCUT2D eigenvalue weighted by molar-refractivity contribution is 0.407. The maximum atomic E-state index is 11.5. The number of rotatable bonds is 11. The Labute approximate surface area is 161 Å². The van der Waals surface area contributed by atoms with Gasteiger partial charge in [0.05, 0.1) is 4.90 Å². The van der Waals surface area contributed by atoms with Gasteiger partial charge >= 0.3 is 0 Å². The number of phenols is 1. The van der Waals surface area contributed by atoms with Crippen LogP contribution in [0.3, 0.4) is 0 Å². The zero-order valence-electron chi connectivity index (χ0n) is 15.7. The summed E-state index contributed by atoms with van der Waals surface area (Å²) in [6, 6.07) is 10.8. The van der Waals surface area contributed by atoms with Gasteiger partial charge in [-0.05, 0) is 36.6 Å². The van der Waals surface area contributed by atoms with Crippen molar-refractivity contribution in [2.75, 3.05) is 0 Å². The van der Waals surface area contributed by atoms with E-state index in [4.69, 9.17) is 4.74 Å². The maximum absolute atomic E-state index is 11.5. The second kappa shape index (κ2) is 10.3. The highest BCUT2D eigenvalue weighted by Gasteiger charge is 2.15. The van der Waals surface area contributed by atoms with Gasteiger partial charge in [-0.25, -0.2) is 0 Å². The largest absolute Gasteiger partial charge is 0.504 e. The summed E-state index contributed by atoms with van der Waals surface area (Å²) in [7, 11) is -4.33. The number of unbranched alkanes of at least 4 members (excludes halogenated alkanes) is 6. The second-order valence-corrected chi connectivity index (χ2v) is 8.11. The van der Waals surface area contributed by atoms with Crippen LogP contribution in [0.25, 0.3) is 0 Å². The van der Waals surface area contributed by atoms with Gasteiger partial charge in [0, 0.05) is 6.07 Å². The molecule has 0 atom stereocenters. The Kier molecular flexibility index (Phi) is 8.13. The summed E-state index contributed by atoms with van der Waals surface area (Å²) >= 11 is 0. The van der Waals surface area contributed by atoms with E-state index in [0.717, 1.165) is 24.8 Å². The number of hydrogen-bond acceptors (Lipinski definition) is 4. The Morgan fingerprint density at radius 1 is 0.889 bits per heavy atom. The molecule has 148 valence electrons. The third-order valence-electron chi connectivity index (χ3n) is 4.47. The molecule has 0 aromatic heterocycles. The van der Waals surface area contributed by atoms with Gasteiger partial charge in [-0.2, -0.15) is 8.42 Å². The van der Waals surface area contributed by atoms with Crippen molar-refractivity contribution < 1.29 is 22.8 Å². The molecule has 5 nitrogen and oxygen atoms in total. The highest BCUT2D eigenvalue weighted by atomic mass is 32.2. The first-order valence-electron chi connectivity index (χ1n) is 9.48. The van der Waals surface area contributed by atoms with E-state index in [1.807, 2.05) is 0 Å². The minimum atomic E-state index is -4.33. The lowest BCUT2D eigenvalue weighted by atomic mass is 10.0. The molecule has 0 aliphatic carbocycles. The van der Waals surface area contributed by atoms with Crippen molar-refractivity contribution in [2.24, 2.45) is 0 Å². The summed E-state index contributed by atoms with van der Waals surface area (Å²) in [5.74, 6) is 0.542. The number of aromatic hydroxyl groups is 1. The van der Waals surface area contributed by atoms with Crippen LogP contribution in [0, 0.1) is 0 Å². The highest BCUT2D eigenvalue weighted by Crippen LogP contribution is 2.34. The van der Waals surface area contributed by atoms with E-state index in [0.29, 0.717) is 5.75 Å². The fourth-order valence-electron chi connectivity index (χ4n) is 2.93. The number of benzene rings is 2. The van der Waals surface area contributed by atoms with Gasteiger partial charge in [-0.1, -0.05) is 63.6 Å². The summed E-state index contributed by atoms with van der Waals surface area (Å²) < 4.78 is 38.0. The van der Waals surface area contributed by atoms with Crippen LogP contribution in [-0.2, 0) is 16.5 Å². The van der Waals surface area contributed by atoms with Crippen LogP contribution in [0.15, 0.2) is 47.4 Å². The molecule has 2 rings (SSSR count). The molecular formula is C21H28O5S. The molecule has 0 aliphatic rings. The molecular weight excluding hydrogens is 364 g/mol. The van der Waals surface area contributed by atoms with Gasteiger partial charge in [-0.3, -0.25) is 4.55 Å². The SMILES string of the molecule is CCCCCCCCCc1ccc(S(=O)(=O)O)cc1Oc1ccccc1O. The third kappa shape index (κ3) is 6.88. The average molecular weight is 393 g/mol.